The molecule has 2 aromatic heterocycles. The molecule has 4 nitrogen and oxygen atoms in total. The van der Waals surface area contributed by atoms with Gasteiger partial charge < -0.3 is 15.5 Å². The van der Waals surface area contributed by atoms with Crippen LogP contribution in [-0.2, 0) is 0 Å². The summed E-state index contributed by atoms with van der Waals surface area (Å²) in [5.41, 5.74) is 8.27. The third-order valence-corrected chi connectivity index (χ3v) is 5.47. The molecular weight excluding hydrogens is 387 g/mol. The molecule has 0 aliphatic heterocycles. The zero-order valence-electron chi connectivity index (χ0n) is 14.7. The van der Waals surface area contributed by atoms with Crippen LogP contribution in [-0.4, -0.2) is 12.1 Å². The smallest absolute Gasteiger partial charge is 0.266 e. The first kappa shape index (κ1) is 19.4. The van der Waals surface area contributed by atoms with Crippen LogP contribution < -0.4 is 16.0 Å². The molecule has 1 atom stereocenters. The van der Waals surface area contributed by atoms with Gasteiger partial charge in [0.1, 0.15) is 16.3 Å². The summed E-state index contributed by atoms with van der Waals surface area (Å²) >= 11 is 1.38. The number of H-pyrrole nitrogens is 1. The first-order valence-corrected chi connectivity index (χ1v) is 9.05. The first-order valence-electron chi connectivity index (χ1n) is 8.17. The number of hydrogen-bond acceptors (Lipinski definition) is 4. The molecule has 0 bridgehead atoms. The molecule has 0 aliphatic rings. The average Bonchev–Trinajstić information content (AvgIpc) is 3.11. The predicted octanol–water partition coefficient (Wildman–Crippen LogP) is 5.00. The van der Waals surface area contributed by atoms with Crippen molar-refractivity contribution in [2.75, 3.05) is 7.11 Å². The minimum atomic E-state index is -0.390. The number of aromatic nitrogens is 1. The molecule has 7 heteroatoms. The highest BCUT2D eigenvalue weighted by molar-refractivity contribution is 7.17. The van der Waals surface area contributed by atoms with Gasteiger partial charge in [0, 0.05) is 33.5 Å². The second kappa shape index (κ2) is 7.31. The molecule has 0 radical (unpaired) electrons. The third kappa shape index (κ3) is 3.10. The highest BCUT2D eigenvalue weighted by Gasteiger charge is 2.18. The maximum Gasteiger partial charge on any atom is 0.266 e. The number of pyridine rings is 1. The summed E-state index contributed by atoms with van der Waals surface area (Å²) in [4.78, 5) is 15.2. The molecule has 0 aliphatic carbocycles. The van der Waals surface area contributed by atoms with Crippen molar-refractivity contribution in [3.8, 4) is 16.9 Å². The van der Waals surface area contributed by atoms with E-state index in [9.17, 15) is 9.18 Å². The third-order valence-electron chi connectivity index (χ3n) is 4.56. The van der Waals surface area contributed by atoms with E-state index in [2.05, 4.69) is 4.98 Å². The van der Waals surface area contributed by atoms with Crippen LogP contribution in [0.2, 0.25) is 0 Å². The molecule has 2 aromatic carbocycles. The second-order valence-electron chi connectivity index (χ2n) is 6.21. The number of nitrogens with one attached hydrogen (secondary N) is 1. The molecule has 4 aromatic rings. The Bertz CT molecular complexity index is 1200. The number of rotatable bonds is 3. The molecule has 0 saturated heterocycles. The Hall–Kier alpha value is -2.41. The molecule has 0 fully saturated rings. The number of methoxy groups -OCH3 is 1. The van der Waals surface area contributed by atoms with Crippen molar-refractivity contribution in [3.63, 3.8) is 0 Å². The van der Waals surface area contributed by atoms with E-state index in [1.54, 1.807) is 26.2 Å². The van der Waals surface area contributed by atoms with Crippen molar-refractivity contribution in [2.45, 2.75) is 13.0 Å². The molecule has 27 heavy (non-hydrogen) atoms. The van der Waals surface area contributed by atoms with Crippen molar-refractivity contribution >= 4 is 44.7 Å². The molecule has 2 heterocycles. The number of benzene rings is 2. The maximum absolute atomic E-state index is 14.6. The van der Waals surface area contributed by atoms with Crippen molar-refractivity contribution in [3.05, 3.63) is 63.5 Å². The second-order valence-corrected chi connectivity index (χ2v) is 7.12. The van der Waals surface area contributed by atoms with Crippen LogP contribution in [0.1, 0.15) is 18.5 Å². The van der Waals surface area contributed by atoms with Gasteiger partial charge in [0.2, 0.25) is 0 Å². The Morgan fingerprint density at radius 1 is 1.22 bits per heavy atom. The molecular formula is C20H18ClFN2O2S. The lowest BCUT2D eigenvalue weighted by Crippen LogP contribution is -2.07. The van der Waals surface area contributed by atoms with Crippen molar-refractivity contribution in [1.29, 1.82) is 0 Å². The average molecular weight is 405 g/mol. The van der Waals surface area contributed by atoms with Crippen LogP contribution >= 0.6 is 23.7 Å². The van der Waals surface area contributed by atoms with Crippen LogP contribution in [0.4, 0.5) is 4.39 Å². The number of ether oxygens (including phenoxy) is 1. The van der Waals surface area contributed by atoms with Gasteiger partial charge in [0.25, 0.3) is 5.56 Å². The summed E-state index contributed by atoms with van der Waals surface area (Å²) in [6, 6.07) is 10.1. The lowest BCUT2D eigenvalue weighted by Gasteiger charge is -2.15. The van der Waals surface area contributed by atoms with Gasteiger partial charge in [-0.05, 0) is 42.1 Å². The Labute approximate surface area is 165 Å². The lowest BCUT2D eigenvalue weighted by molar-refractivity contribution is 0.417. The number of halogens is 2. The lowest BCUT2D eigenvalue weighted by atomic mass is 9.95. The van der Waals surface area contributed by atoms with Crippen molar-refractivity contribution in [1.82, 2.24) is 4.98 Å². The summed E-state index contributed by atoms with van der Waals surface area (Å²) in [6.45, 7) is 1.75. The summed E-state index contributed by atoms with van der Waals surface area (Å²) in [5, 5.41) is 3.55. The number of nitrogens with two attached hydrogens (primary N) is 1. The topological polar surface area (TPSA) is 68.1 Å². The Morgan fingerprint density at radius 3 is 2.67 bits per heavy atom. The van der Waals surface area contributed by atoms with E-state index in [4.69, 9.17) is 10.5 Å². The largest absolute Gasteiger partial charge is 0.496 e. The van der Waals surface area contributed by atoms with Crippen molar-refractivity contribution in [2.24, 2.45) is 5.73 Å². The number of fused-ring (bicyclic) bond motifs is 3. The number of thiophene rings is 1. The predicted molar refractivity (Wildman–Crippen MR) is 112 cm³/mol. The monoisotopic (exact) mass is 404 g/mol. The highest BCUT2D eigenvalue weighted by atomic mass is 35.5. The van der Waals surface area contributed by atoms with E-state index in [0.29, 0.717) is 27.1 Å². The maximum atomic E-state index is 14.6. The molecule has 4 rings (SSSR count). The van der Waals surface area contributed by atoms with E-state index in [-0.39, 0.29) is 23.8 Å². The SMILES string of the molecule is COc1ccc2[nH]c(=O)c3sccc3c2c1-c1ccc(C(C)N)c(F)c1.Cl. The van der Waals surface area contributed by atoms with Gasteiger partial charge >= 0.3 is 0 Å². The van der Waals surface area contributed by atoms with E-state index >= 15 is 0 Å². The number of aromatic amines is 1. The fourth-order valence-corrected chi connectivity index (χ4v) is 4.13. The normalized spacial score (nSPS) is 12.1. The minimum Gasteiger partial charge on any atom is -0.496 e. The summed E-state index contributed by atoms with van der Waals surface area (Å²) in [6.07, 6.45) is 0. The molecule has 0 spiro atoms. The van der Waals surface area contributed by atoms with Gasteiger partial charge in [-0.3, -0.25) is 4.79 Å². The van der Waals surface area contributed by atoms with E-state index in [1.807, 2.05) is 23.6 Å². The summed E-state index contributed by atoms with van der Waals surface area (Å²) in [5.74, 6) is 0.257. The summed E-state index contributed by atoms with van der Waals surface area (Å²) < 4.78 is 20.7. The van der Waals surface area contributed by atoms with Gasteiger partial charge in [-0.25, -0.2) is 4.39 Å². The summed E-state index contributed by atoms with van der Waals surface area (Å²) in [7, 11) is 1.58. The fourth-order valence-electron chi connectivity index (χ4n) is 3.34. The van der Waals surface area contributed by atoms with Gasteiger partial charge in [-0.2, -0.15) is 0 Å². The quantitative estimate of drug-likeness (QED) is 0.505. The minimum absolute atomic E-state index is 0. The zero-order chi connectivity index (χ0) is 18.4. The number of hydrogen-bond donors (Lipinski definition) is 2. The fraction of sp³-hybridized carbons (Fsp3) is 0.150. The van der Waals surface area contributed by atoms with E-state index < -0.39 is 6.04 Å². The van der Waals surface area contributed by atoms with Gasteiger partial charge in [0.15, 0.2) is 0 Å². The Balaban J connectivity index is 0.00000210. The van der Waals surface area contributed by atoms with Crippen LogP contribution in [0.3, 0.4) is 0 Å². The van der Waals surface area contributed by atoms with E-state index in [0.717, 1.165) is 16.3 Å². The van der Waals surface area contributed by atoms with Gasteiger partial charge in [-0.1, -0.05) is 12.1 Å². The van der Waals surface area contributed by atoms with Crippen LogP contribution in [0.5, 0.6) is 5.75 Å². The highest BCUT2D eigenvalue weighted by Crippen LogP contribution is 2.40. The zero-order valence-corrected chi connectivity index (χ0v) is 16.3. The van der Waals surface area contributed by atoms with E-state index in [1.165, 1.54) is 17.4 Å². The van der Waals surface area contributed by atoms with Gasteiger partial charge in [-0.15, -0.1) is 23.7 Å². The molecule has 0 amide bonds. The van der Waals surface area contributed by atoms with Crippen LogP contribution in [0.25, 0.3) is 32.1 Å². The Kier molecular flexibility index (Phi) is 5.24. The van der Waals surface area contributed by atoms with Crippen LogP contribution in [0, 0.1) is 5.82 Å². The molecule has 140 valence electrons. The van der Waals surface area contributed by atoms with Crippen LogP contribution in [0.15, 0.2) is 46.6 Å². The molecule has 1 unspecified atom stereocenters. The first-order chi connectivity index (χ1) is 12.5. The molecule has 3 N–H and O–H groups in total. The van der Waals surface area contributed by atoms with Crippen molar-refractivity contribution < 1.29 is 9.13 Å². The Morgan fingerprint density at radius 2 is 2.00 bits per heavy atom. The molecule has 0 saturated carbocycles. The standard InChI is InChI=1S/C20H17FN2O2S.ClH/c1-10(22)12-4-3-11(9-14(12)21)17-16(25-2)6-5-15-18(17)13-7-8-26-19(13)20(24)23-15;/h3-10H,22H2,1-2H3,(H,23,24);1H. The van der Waals surface area contributed by atoms with Gasteiger partial charge in [0.05, 0.1) is 7.11 Å².